The molecule has 3 N–H and O–H groups in total. The lowest BCUT2D eigenvalue weighted by Crippen LogP contribution is -2.08. The Morgan fingerprint density at radius 2 is 1.37 bits per heavy atom. The highest BCUT2D eigenvalue weighted by Crippen LogP contribution is 2.29. The van der Waals surface area contributed by atoms with Crippen LogP contribution >= 0.6 is 23.2 Å². The minimum Gasteiger partial charge on any atom is -0.496 e. The fourth-order valence-electron chi connectivity index (χ4n) is 2.71. The van der Waals surface area contributed by atoms with E-state index in [1.807, 2.05) is 32.1 Å². The van der Waals surface area contributed by atoms with Gasteiger partial charge in [-0.25, -0.2) is 10.7 Å². The van der Waals surface area contributed by atoms with E-state index in [1.165, 1.54) is 6.92 Å². The molecule has 0 amide bonds. The lowest BCUT2D eigenvalue weighted by molar-refractivity contribution is -0.129. The third-order valence-corrected chi connectivity index (χ3v) is 5.10. The number of benzene rings is 2. The van der Waals surface area contributed by atoms with Crippen molar-refractivity contribution in [1.82, 2.24) is 0 Å². The van der Waals surface area contributed by atoms with Gasteiger partial charge in [-0.15, -0.1) is 0 Å². The van der Waals surface area contributed by atoms with Gasteiger partial charge in [0.15, 0.2) is 5.71 Å². The van der Waals surface area contributed by atoms with Crippen LogP contribution in [0, 0.1) is 0 Å². The fourth-order valence-corrected chi connectivity index (χ4v) is 3.05. The molecule has 0 aliphatic heterocycles. The van der Waals surface area contributed by atoms with Gasteiger partial charge in [-0.2, -0.15) is 0 Å². The summed E-state index contributed by atoms with van der Waals surface area (Å²) in [5, 5.41) is 13.4. The van der Waals surface area contributed by atoms with Crippen LogP contribution in [0.5, 0.6) is 11.5 Å². The molecule has 0 aromatic heterocycles. The van der Waals surface area contributed by atoms with E-state index >= 15 is 0 Å². The van der Waals surface area contributed by atoms with Crippen molar-refractivity contribution in [1.29, 1.82) is 0 Å². The molecule has 190 valence electrons. The molecule has 35 heavy (non-hydrogen) atoms. The molecule has 8 nitrogen and oxygen atoms in total. The number of ether oxygens (including phenoxy) is 2. The average molecular weight is 525 g/mol. The van der Waals surface area contributed by atoms with Crippen LogP contribution in [-0.4, -0.2) is 44.2 Å². The van der Waals surface area contributed by atoms with Gasteiger partial charge in [-0.1, -0.05) is 34.4 Å². The van der Waals surface area contributed by atoms with E-state index in [-0.39, 0.29) is 12.3 Å². The molecule has 0 saturated heterocycles. The van der Waals surface area contributed by atoms with Crippen molar-refractivity contribution >= 4 is 46.0 Å². The maximum Gasteiger partial charge on any atom is 0.353 e. The number of nitrogens with two attached hydrogens (primary N) is 1. The first-order valence-electron chi connectivity index (χ1n) is 10.4. The Bertz CT molecular complexity index is 1080. The molecule has 0 fully saturated rings. The Labute approximate surface area is 215 Å². The van der Waals surface area contributed by atoms with E-state index in [1.54, 1.807) is 44.6 Å². The largest absolute Gasteiger partial charge is 0.496 e. The van der Waals surface area contributed by atoms with Crippen molar-refractivity contribution < 1.29 is 29.0 Å². The number of oxime groups is 1. The third-order valence-electron chi connectivity index (χ3n) is 4.63. The molecule has 0 saturated carbocycles. The number of halogens is 2. The van der Waals surface area contributed by atoms with Gasteiger partial charge in [0.1, 0.15) is 18.1 Å². The minimum absolute atomic E-state index is 0.101. The van der Waals surface area contributed by atoms with Gasteiger partial charge in [-0.3, -0.25) is 0 Å². The van der Waals surface area contributed by atoms with Gasteiger partial charge in [0.2, 0.25) is 0 Å². The van der Waals surface area contributed by atoms with Crippen LogP contribution in [0.3, 0.4) is 0 Å². The van der Waals surface area contributed by atoms with Crippen molar-refractivity contribution in [3.05, 3.63) is 69.7 Å². The molecular weight excluding hydrogens is 495 g/mol. The van der Waals surface area contributed by atoms with Gasteiger partial charge < -0.3 is 24.3 Å². The number of aliphatic carboxylic acids is 1. The summed E-state index contributed by atoms with van der Waals surface area (Å²) in [6.45, 7) is 5.71. The van der Waals surface area contributed by atoms with Gasteiger partial charge >= 0.3 is 5.97 Å². The fraction of sp³-hybridized carbons (Fsp3) is 0.280. The number of allylic oxidation sites excluding steroid dienone is 2. The lowest BCUT2D eigenvalue weighted by atomic mass is 10.1. The lowest BCUT2D eigenvalue weighted by Gasteiger charge is -2.09. The molecule has 0 aliphatic rings. The van der Waals surface area contributed by atoms with Gasteiger partial charge in [0.05, 0.1) is 20.8 Å². The molecule has 2 aromatic carbocycles. The monoisotopic (exact) mass is 524 g/mol. The quantitative estimate of drug-likeness (QED) is 0.227. The van der Waals surface area contributed by atoms with Gasteiger partial charge in [0.25, 0.3) is 0 Å². The van der Waals surface area contributed by atoms with Crippen molar-refractivity contribution in [2.45, 2.75) is 20.8 Å². The van der Waals surface area contributed by atoms with Crippen molar-refractivity contribution in [3.8, 4) is 11.5 Å². The molecule has 0 unspecified atom stereocenters. The average Bonchev–Trinajstić information content (AvgIpc) is 2.85. The molecule has 2 aromatic rings. The number of rotatable bonds is 10. The highest BCUT2D eigenvalue weighted by Gasteiger charge is 2.07. The number of carbonyl (C=O) groups is 1. The predicted molar refractivity (Wildman–Crippen MR) is 140 cm³/mol. The normalized spacial score (nSPS) is 11.9. The van der Waals surface area contributed by atoms with Gasteiger partial charge in [-0.05, 0) is 74.4 Å². The van der Waals surface area contributed by atoms with E-state index in [9.17, 15) is 4.79 Å². The molecule has 0 atom stereocenters. The number of methoxy groups -OCH3 is 2. The minimum atomic E-state index is -1.11. The predicted octanol–water partition coefficient (Wildman–Crippen LogP) is 5.87. The summed E-state index contributed by atoms with van der Waals surface area (Å²) in [5.41, 5.74) is 3.60. The van der Waals surface area contributed by atoms with Crippen LogP contribution in [0.25, 0.3) is 11.1 Å². The molecule has 0 radical (unpaired) electrons. The Morgan fingerprint density at radius 3 is 1.77 bits per heavy atom. The second-order valence-electron chi connectivity index (χ2n) is 7.07. The van der Waals surface area contributed by atoms with Crippen LogP contribution in [-0.2, 0) is 14.5 Å². The Balaban J connectivity index is 0.000000365. The van der Waals surface area contributed by atoms with E-state index in [2.05, 4.69) is 9.99 Å². The number of hydrogen-bond acceptors (Lipinski definition) is 7. The first-order chi connectivity index (χ1) is 16.6. The van der Waals surface area contributed by atoms with E-state index in [4.69, 9.17) is 48.5 Å². The molecule has 2 rings (SSSR count). The zero-order chi connectivity index (χ0) is 26.4. The summed E-state index contributed by atoms with van der Waals surface area (Å²) in [4.78, 5) is 19.9. The number of hydrogen-bond donors (Lipinski definition) is 2. The highest BCUT2D eigenvalue weighted by molar-refractivity contribution is 6.34. The third kappa shape index (κ3) is 10.4. The van der Waals surface area contributed by atoms with Crippen molar-refractivity contribution in [2.24, 2.45) is 11.1 Å². The summed E-state index contributed by atoms with van der Waals surface area (Å²) in [6, 6.07) is 10.8. The standard InChI is InChI=1S/C14H16ClNO4.C11H14ClNO2/c1-9(6-7-20-16-10(2)14(17)18)12-8-11(15)4-5-13(12)19-3;1-8(5-6-15-13)10-7-9(12)3-4-11(10)14-2/h4-6,8H,7H2,1-3H3,(H,17,18);3-5,7H,6,13H2,1-2H3. The topological polar surface area (TPSA) is 113 Å². The summed E-state index contributed by atoms with van der Waals surface area (Å²) < 4.78 is 10.5. The van der Waals surface area contributed by atoms with Crippen LogP contribution in [0.4, 0.5) is 0 Å². The highest BCUT2D eigenvalue weighted by atomic mass is 35.5. The molecule has 0 spiro atoms. The maximum atomic E-state index is 10.5. The van der Waals surface area contributed by atoms with Crippen LogP contribution in [0.15, 0.2) is 53.7 Å². The first kappa shape index (κ1) is 30.0. The smallest absolute Gasteiger partial charge is 0.353 e. The summed E-state index contributed by atoms with van der Waals surface area (Å²) in [5.74, 6) is 5.33. The van der Waals surface area contributed by atoms with Crippen molar-refractivity contribution in [2.75, 3.05) is 27.4 Å². The van der Waals surface area contributed by atoms with E-state index in [0.29, 0.717) is 22.4 Å². The number of carboxylic acids is 1. The second kappa shape index (κ2) is 15.8. The molecule has 0 heterocycles. The van der Waals surface area contributed by atoms with Crippen LogP contribution in [0.2, 0.25) is 10.0 Å². The Kier molecular flexibility index (Phi) is 13.5. The van der Waals surface area contributed by atoms with E-state index < -0.39 is 5.97 Å². The second-order valence-corrected chi connectivity index (χ2v) is 7.95. The zero-order valence-electron chi connectivity index (χ0n) is 20.3. The van der Waals surface area contributed by atoms with Crippen LogP contribution < -0.4 is 15.4 Å². The maximum absolute atomic E-state index is 10.5. The number of carboxylic acid groups (broad SMARTS) is 1. The molecule has 10 heteroatoms. The summed E-state index contributed by atoms with van der Waals surface area (Å²) in [6.07, 6.45) is 3.64. The van der Waals surface area contributed by atoms with Crippen molar-refractivity contribution in [3.63, 3.8) is 0 Å². The Morgan fingerprint density at radius 1 is 0.914 bits per heavy atom. The van der Waals surface area contributed by atoms with Gasteiger partial charge in [0, 0.05) is 21.2 Å². The molecular formula is C25H30Cl2N2O6. The summed E-state index contributed by atoms with van der Waals surface area (Å²) in [7, 11) is 3.20. The van der Waals surface area contributed by atoms with Crippen LogP contribution in [0.1, 0.15) is 31.9 Å². The zero-order valence-corrected chi connectivity index (χ0v) is 21.8. The molecule has 0 bridgehead atoms. The number of nitrogens with zero attached hydrogens (tertiary/aromatic N) is 1. The molecule has 0 aliphatic carbocycles. The van der Waals surface area contributed by atoms with E-state index in [0.717, 1.165) is 28.0 Å². The summed E-state index contributed by atoms with van der Waals surface area (Å²) >= 11 is 11.9. The Hall–Kier alpha value is -3.04. The SMILES string of the molecule is COc1ccc(Cl)cc1C(C)=CCON.COc1ccc(Cl)cc1C(C)=CCON=C(C)C(=O)O. The first-order valence-corrected chi connectivity index (χ1v) is 11.1.